The molecule has 1 aliphatic rings. The molecule has 2 atom stereocenters. The van der Waals surface area contributed by atoms with Crippen LogP contribution in [0.1, 0.15) is 6.92 Å². The summed E-state index contributed by atoms with van der Waals surface area (Å²) in [6.07, 6.45) is -5.30. The van der Waals surface area contributed by atoms with E-state index in [-0.39, 0.29) is 0 Å². The molecule has 0 bridgehead atoms. The average Bonchev–Trinajstić information content (AvgIpc) is 2.40. The Bertz CT molecular complexity index is 262. The second-order valence-corrected chi connectivity index (χ2v) is 2.54. The maximum absolute atomic E-state index is 12.2. The molecule has 1 saturated heterocycles. The zero-order valence-electron chi connectivity index (χ0n) is 7.13. The fourth-order valence-electron chi connectivity index (χ4n) is 0.805. The Labute approximate surface area is 77.2 Å². The minimum Gasteiger partial charge on any atom is -0.425 e. The molecule has 0 aromatic carbocycles. The van der Waals surface area contributed by atoms with Crippen LogP contribution in [-0.2, 0) is 14.2 Å². The molecule has 80 valence electrons. The molecule has 0 radical (unpaired) electrons. The summed E-state index contributed by atoms with van der Waals surface area (Å²) in [6.45, 7) is 0.483. The molecule has 1 rings (SSSR count). The first kappa shape index (κ1) is 10.8. The van der Waals surface area contributed by atoms with Crippen molar-refractivity contribution in [3.05, 3.63) is 11.9 Å². The van der Waals surface area contributed by atoms with Gasteiger partial charge in [0.25, 0.3) is 0 Å². The van der Waals surface area contributed by atoms with E-state index >= 15 is 0 Å². The van der Waals surface area contributed by atoms with Crippen molar-refractivity contribution in [2.24, 2.45) is 0 Å². The highest BCUT2D eigenvalue weighted by atomic mass is 19.3. The highest BCUT2D eigenvalue weighted by Gasteiger charge is 2.34. The standard InChI is InChI=1S/C7H7F3O4/c1-3-6(14-7(11)13-3)12-2-4(8)5(9)10/h3,6H,2H2,1H3. The van der Waals surface area contributed by atoms with Crippen LogP contribution in [0.15, 0.2) is 11.9 Å². The molecule has 0 aliphatic carbocycles. The van der Waals surface area contributed by atoms with Gasteiger partial charge in [-0.25, -0.2) is 9.18 Å². The van der Waals surface area contributed by atoms with Gasteiger partial charge >= 0.3 is 12.2 Å². The van der Waals surface area contributed by atoms with Gasteiger partial charge in [0.2, 0.25) is 6.29 Å². The Kier molecular flexibility index (Phi) is 3.34. The van der Waals surface area contributed by atoms with Crippen molar-refractivity contribution in [2.45, 2.75) is 19.3 Å². The SMILES string of the molecule is CC1OC(=O)OC1OCC(F)=C(F)F. The lowest BCUT2D eigenvalue weighted by molar-refractivity contribution is -0.0931. The van der Waals surface area contributed by atoms with E-state index < -0.39 is 37.1 Å². The van der Waals surface area contributed by atoms with Gasteiger partial charge in [0.1, 0.15) is 6.61 Å². The third-order valence-electron chi connectivity index (χ3n) is 1.46. The van der Waals surface area contributed by atoms with E-state index in [9.17, 15) is 18.0 Å². The van der Waals surface area contributed by atoms with Crippen molar-refractivity contribution in [1.29, 1.82) is 0 Å². The normalized spacial score (nSPS) is 25.6. The van der Waals surface area contributed by atoms with Gasteiger partial charge in [-0.15, -0.1) is 0 Å². The van der Waals surface area contributed by atoms with Crippen LogP contribution in [0, 0.1) is 0 Å². The van der Waals surface area contributed by atoms with Crippen LogP contribution in [-0.4, -0.2) is 25.2 Å². The topological polar surface area (TPSA) is 44.8 Å². The summed E-state index contributed by atoms with van der Waals surface area (Å²) in [6, 6.07) is 0. The molecule has 2 unspecified atom stereocenters. The van der Waals surface area contributed by atoms with Gasteiger partial charge in [-0.3, -0.25) is 0 Å². The predicted molar refractivity (Wildman–Crippen MR) is 37.1 cm³/mol. The van der Waals surface area contributed by atoms with Crippen molar-refractivity contribution < 1.29 is 32.2 Å². The lowest BCUT2D eigenvalue weighted by Crippen LogP contribution is -2.23. The number of rotatable bonds is 3. The van der Waals surface area contributed by atoms with Gasteiger partial charge in [-0.2, -0.15) is 8.78 Å². The number of halogens is 3. The smallest absolute Gasteiger partial charge is 0.425 e. The van der Waals surface area contributed by atoms with Gasteiger partial charge in [0, 0.05) is 0 Å². The fourth-order valence-corrected chi connectivity index (χ4v) is 0.805. The Morgan fingerprint density at radius 2 is 2.07 bits per heavy atom. The molecule has 0 N–H and O–H groups in total. The molecule has 1 aliphatic heterocycles. The average molecular weight is 212 g/mol. The maximum Gasteiger partial charge on any atom is 0.511 e. The third kappa shape index (κ3) is 2.63. The van der Waals surface area contributed by atoms with E-state index in [1.165, 1.54) is 6.92 Å². The van der Waals surface area contributed by atoms with Gasteiger partial charge in [-0.05, 0) is 6.92 Å². The zero-order chi connectivity index (χ0) is 10.7. The van der Waals surface area contributed by atoms with Crippen LogP contribution in [0.4, 0.5) is 18.0 Å². The largest absolute Gasteiger partial charge is 0.511 e. The summed E-state index contributed by atoms with van der Waals surface area (Å²) in [7, 11) is 0. The van der Waals surface area contributed by atoms with Crippen molar-refractivity contribution in [3.63, 3.8) is 0 Å². The van der Waals surface area contributed by atoms with E-state index in [1.807, 2.05) is 0 Å². The van der Waals surface area contributed by atoms with Crippen LogP contribution in [0.2, 0.25) is 0 Å². The third-order valence-corrected chi connectivity index (χ3v) is 1.46. The van der Waals surface area contributed by atoms with Gasteiger partial charge in [-0.1, -0.05) is 0 Å². The van der Waals surface area contributed by atoms with Gasteiger partial charge in [0.05, 0.1) is 0 Å². The van der Waals surface area contributed by atoms with Crippen LogP contribution in [0.5, 0.6) is 0 Å². The number of hydrogen-bond donors (Lipinski definition) is 0. The maximum atomic E-state index is 12.2. The molecule has 0 aromatic heterocycles. The summed E-state index contributed by atoms with van der Waals surface area (Å²) in [5.41, 5.74) is 0. The number of hydrogen-bond acceptors (Lipinski definition) is 4. The highest BCUT2D eigenvalue weighted by Crippen LogP contribution is 2.18. The molecule has 0 saturated carbocycles. The lowest BCUT2D eigenvalue weighted by Gasteiger charge is -2.10. The minimum atomic E-state index is -2.46. The van der Waals surface area contributed by atoms with E-state index in [0.29, 0.717) is 0 Å². The number of ether oxygens (including phenoxy) is 3. The van der Waals surface area contributed by atoms with E-state index in [1.54, 1.807) is 0 Å². The summed E-state index contributed by atoms with van der Waals surface area (Å²) < 4.78 is 48.7. The molecule has 1 fully saturated rings. The second kappa shape index (κ2) is 4.32. The Hall–Kier alpha value is -1.24. The molecule has 4 nitrogen and oxygen atoms in total. The molecule has 0 spiro atoms. The summed E-state index contributed by atoms with van der Waals surface area (Å²) in [5, 5.41) is 0. The summed E-state index contributed by atoms with van der Waals surface area (Å²) in [4.78, 5) is 10.5. The van der Waals surface area contributed by atoms with Gasteiger partial charge < -0.3 is 14.2 Å². The first-order valence-electron chi connectivity index (χ1n) is 3.69. The first-order chi connectivity index (χ1) is 6.50. The van der Waals surface area contributed by atoms with Crippen molar-refractivity contribution in [3.8, 4) is 0 Å². The Morgan fingerprint density at radius 1 is 1.43 bits per heavy atom. The molecule has 0 aromatic rings. The minimum absolute atomic E-state index is 0.738. The lowest BCUT2D eigenvalue weighted by atomic mass is 10.4. The van der Waals surface area contributed by atoms with Crippen molar-refractivity contribution in [1.82, 2.24) is 0 Å². The predicted octanol–water partition coefficient (Wildman–Crippen LogP) is 1.96. The number of cyclic esters (lactones) is 2. The van der Waals surface area contributed by atoms with Crippen LogP contribution < -0.4 is 0 Å². The Balaban J connectivity index is 2.39. The van der Waals surface area contributed by atoms with Crippen LogP contribution >= 0.6 is 0 Å². The highest BCUT2D eigenvalue weighted by molar-refractivity contribution is 5.62. The molecular weight excluding hydrogens is 205 g/mol. The van der Waals surface area contributed by atoms with Crippen molar-refractivity contribution >= 4 is 6.16 Å². The number of carbonyl (C=O) groups excluding carboxylic acids is 1. The molecule has 7 heteroatoms. The summed E-state index contributed by atoms with van der Waals surface area (Å²) in [5.74, 6) is -1.69. The quantitative estimate of drug-likeness (QED) is 0.671. The monoisotopic (exact) mass is 212 g/mol. The number of carbonyl (C=O) groups is 1. The second-order valence-electron chi connectivity index (χ2n) is 2.54. The fraction of sp³-hybridized carbons (Fsp3) is 0.571. The Morgan fingerprint density at radius 3 is 2.50 bits per heavy atom. The molecular formula is C7H7F3O4. The zero-order valence-corrected chi connectivity index (χ0v) is 7.13. The van der Waals surface area contributed by atoms with Crippen LogP contribution in [0.25, 0.3) is 0 Å². The molecule has 14 heavy (non-hydrogen) atoms. The van der Waals surface area contributed by atoms with Crippen LogP contribution in [0.3, 0.4) is 0 Å². The first-order valence-corrected chi connectivity index (χ1v) is 3.69. The van der Waals surface area contributed by atoms with E-state index in [4.69, 9.17) is 0 Å². The molecule has 0 amide bonds. The van der Waals surface area contributed by atoms with Crippen molar-refractivity contribution in [2.75, 3.05) is 6.61 Å². The van der Waals surface area contributed by atoms with Gasteiger partial charge in [0.15, 0.2) is 11.9 Å². The summed E-state index contributed by atoms with van der Waals surface area (Å²) >= 11 is 0. The van der Waals surface area contributed by atoms with E-state index in [2.05, 4.69) is 14.2 Å². The van der Waals surface area contributed by atoms with E-state index in [0.717, 1.165) is 0 Å². The molecule has 1 heterocycles.